The Labute approximate surface area is 123 Å². The molecule has 0 saturated heterocycles. The molecule has 0 heterocycles. The maximum atomic E-state index is 12.4. The maximum absolute atomic E-state index is 12.4. The number of rotatable bonds is 3. The molecule has 0 atom stereocenters. The van der Waals surface area contributed by atoms with Crippen LogP contribution in [-0.4, -0.2) is 8.42 Å². The number of hydrogen-bond acceptors (Lipinski definition) is 3. The van der Waals surface area contributed by atoms with Gasteiger partial charge in [0, 0.05) is 11.6 Å². The van der Waals surface area contributed by atoms with Crippen molar-refractivity contribution in [1.82, 2.24) is 0 Å². The number of nitrogens with two attached hydrogens (primary N) is 1. The zero-order valence-corrected chi connectivity index (χ0v) is 12.3. The second-order valence-corrected chi connectivity index (χ2v) is 6.13. The van der Waals surface area contributed by atoms with E-state index in [1.165, 1.54) is 6.07 Å². The molecule has 0 unspecified atom stereocenters. The summed E-state index contributed by atoms with van der Waals surface area (Å²) in [5, 5.41) is 0.475. The second-order valence-electron chi connectivity index (χ2n) is 3.77. The molecule has 2 rings (SSSR count). The van der Waals surface area contributed by atoms with E-state index in [0.29, 0.717) is 10.6 Å². The monoisotopic (exact) mass is 317 g/mol. The van der Waals surface area contributed by atoms with Gasteiger partial charge in [-0.2, -0.15) is 0 Å². The average molecular weight is 318 g/mol. The second kappa shape index (κ2) is 6.39. The van der Waals surface area contributed by atoms with E-state index in [4.69, 9.17) is 17.3 Å². The quantitative estimate of drug-likeness (QED) is 0.946. The van der Waals surface area contributed by atoms with E-state index in [-0.39, 0.29) is 28.7 Å². The van der Waals surface area contributed by atoms with Crippen LogP contribution in [0.25, 0.3) is 0 Å². The van der Waals surface area contributed by atoms with Crippen LogP contribution >= 0.6 is 24.0 Å². The highest BCUT2D eigenvalue weighted by Gasteiger charge is 2.20. The van der Waals surface area contributed by atoms with Crippen molar-refractivity contribution in [3.63, 3.8) is 0 Å². The number of sulfone groups is 1. The van der Waals surface area contributed by atoms with E-state index < -0.39 is 9.84 Å². The third-order valence-corrected chi connectivity index (χ3v) is 4.69. The smallest absolute Gasteiger partial charge is 0.206 e. The van der Waals surface area contributed by atoms with Gasteiger partial charge in [-0.05, 0) is 35.9 Å². The van der Waals surface area contributed by atoms with Gasteiger partial charge >= 0.3 is 0 Å². The normalized spacial score (nSPS) is 10.8. The molecule has 0 radical (unpaired) electrons. The van der Waals surface area contributed by atoms with Gasteiger partial charge in [-0.1, -0.05) is 29.8 Å². The fourth-order valence-corrected chi connectivity index (χ4v) is 3.40. The predicted molar refractivity (Wildman–Crippen MR) is 78.5 cm³/mol. The minimum absolute atomic E-state index is 0. The Bertz CT molecular complexity index is 658. The molecule has 0 aromatic heterocycles. The first-order chi connectivity index (χ1) is 8.55. The van der Waals surface area contributed by atoms with Crippen molar-refractivity contribution in [2.45, 2.75) is 16.3 Å². The molecule has 2 N–H and O–H groups in total. The highest BCUT2D eigenvalue weighted by atomic mass is 35.5. The van der Waals surface area contributed by atoms with E-state index in [0.717, 1.165) is 0 Å². The van der Waals surface area contributed by atoms with E-state index in [2.05, 4.69) is 0 Å². The Balaban J connectivity index is 0.00000180. The van der Waals surface area contributed by atoms with Gasteiger partial charge in [0.2, 0.25) is 9.84 Å². The molecule has 102 valence electrons. The highest BCUT2D eigenvalue weighted by Crippen LogP contribution is 2.26. The van der Waals surface area contributed by atoms with Crippen LogP contribution in [0.1, 0.15) is 5.56 Å². The van der Waals surface area contributed by atoms with Gasteiger partial charge in [0.15, 0.2) is 0 Å². The van der Waals surface area contributed by atoms with Crippen molar-refractivity contribution in [2.75, 3.05) is 0 Å². The minimum Gasteiger partial charge on any atom is -0.326 e. The standard InChI is InChI=1S/C13H12ClNO2S.ClH/c14-11-6-7-13(10(8-11)9-15)18(16,17)12-4-2-1-3-5-12;/h1-8H,9,15H2;1H. The zero-order chi connectivity index (χ0) is 13.2. The Morgan fingerprint density at radius 2 is 1.68 bits per heavy atom. The van der Waals surface area contributed by atoms with Crippen molar-refractivity contribution in [1.29, 1.82) is 0 Å². The molecule has 6 heteroatoms. The van der Waals surface area contributed by atoms with Crippen LogP contribution in [0.2, 0.25) is 5.02 Å². The van der Waals surface area contributed by atoms with Gasteiger partial charge in [0.25, 0.3) is 0 Å². The summed E-state index contributed by atoms with van der Waals surface area (Å²) in [7, 11) is -3.54. The molecule has 0 amide bonds. The molecular weight excluding hydrogens is 305 g/mol. The summed E-state index contributed by atoms with van der Waals surface area (Å²) in [6.07, 6.45) is 0. The largest absolute Gasteiger partial charge is 0.326 e. The topological polar surface area (TPSA) is 60.2 Å². The molecule has 0 fully saturated rings. The molecule has 0 aliphatic rings. The average Bonchev–Trinajstić information content (AvgIpc) is 2.39. The van der Waals surface area contributed by atoms with Crippen LogP contribution in [-0.2, 0) is 16.4 Å². The lowest BCUT2D eigenvalue weighted by molar-refractivity contribution is 0.595. The van der Waals surface area contributed by atoms with Crippen molar-refractivity contribution < 1.29 is 8.42 Å². The number of hydrogen-bond donors (Lipinski definition) is 1. The molecule has 2 aromatic carbocycles. The van der Waals surface area contributed by atoms with Crippen LogP contribution in [0.5, 0.6) is 0 Å². The summed E-state index contributed by atoms with van der Waals surface area (Å²) in [4.78, 5) is 0.461. The first kappa shape index (κ1) is 16.0. The van der Waals surface area contributed by atoms with Crippen LogP contribution in [0, 0.1) is 0 Å². The van der Waals surface area contributed by atoms with E-state index in [1.54, 1.807) is 42.5 Å². The first-order valence-corrected chi connectivity index (χ1v) is 7.20. The molecular formula is C13H13Cl2NO2S. The van der Waals surface area contributed by atoms with Crippen LogP contribution in [0.15, 0.2) is 58.3 Å². The van der Waals surface area contributed by atoms with Crippen LogP contribution < -0.4 is 5.73 Å². The summed E-state index contributed by atoms with van der Waals surface area (Å²) >= 11 is 5.84. The summed E-state index contributed by atoms with van der Waals surface area (Å²) in [5.41, 5.74) is 6.09. The van der Waals surface area contributed by atoms with Crippen LogP contribution in [0.3, 0.4) is 0 Å². The third-order valence-electron chi connectivity index (χ3n) is 2.59. The van der Waals surface area contributed by atoms with Gasteiger partial charge in [-0.15, -0.1) is 12.4 Å². The van der Waals surface area contributed by atoms with Gasteiger partial charge in [0.05, 0.1) is 9.79 Å². The highest BCUT2D eigenvalue weighted by molar-refractivity contribution is 7.91. The number of benzene rings is 2. The predicted octanol–water partition coefficient (Wildman–Crippen LogP) is 3.05. The van der Waals surface area contributed by atoms with Gasteiger partial charge in [0.1, 0.15) is 0 Å². The Hall–Kier alpha value is -1.07. The fourth-order valence-electron chi connectivity index (χ4n) is 1.70. The van der Waals surface area contributed by atoms with E-state index in [1.807, 2.05) is 0 Å². The summed E-state index contributed by atoms with van der Waals surface area (Å²) in [5.74, 6) is 0. The molecule has 2 aromatic rings. The molecule has 0 saturated carbocycles. The molecule has 0 aliphatic heterocycles. The molecule has 19 heavy (non-hydrogen) atoms. The van der Waals surface area contributed by atoms with Gasteiger partial charge in [-0.3, -0.25) is 0 Å². The summed E-state index contributed by atoms with van der Waals surface area (Å²) in [6.45, 7) is 0.127. The van der Waals surface area contributed by atoms with Gasteiger partial charge in [-0.25, -0.2) is 8.42 Å². The zero-order valence-electron chi connectivity index (χ0n) is 9.91. The minimum atomic E-state index is -3.54. The van der Waals surface area contributed by atoms with Crippen LogP contribution in [0.4, 0.5) is 0 Å². The SMILES string of the molecule is Cl.NCc1cc(Cl)ccc1S(=O)(=O)c1ccccc1. The Morgan fingerprint density at radius 3 is 2.26 bits per heavy atom. The van der Waals surface area contributed by atoms with Crippen molar-refractivity contribution in [3.05, 3.63) is 59.1 Å². The van der Waals surface area contributed by atoms with Crippen molar-refractivity contribution in [3.8, 4) is 0 Å². The summed E-state index contributed by atoms with van der Waals surface area (Å²) in [6, 6.07) is 12.9. The van der Waals surface area contributed by atoms with Crippen molar-refractivity contribution in [2.24, 2.45) is 5.73 Å². The number of halogens is 2. The van der Waals surface area contributed by atoms with E-state index >= 15 is 0 Å². The van der Waals surface area contributed by atoms with E-state index in [9.17, 15) is 8.42 Å². The third kappa shape index (κ3) is 3.28. The maximum Gasteiger partial charge on any atom is 0.206 e. The molecule has 0 aliphatic carbocycles. The molecule has 3 nitrogen and oxygen atoms in total. The summed E-state index contributed by atoms with van der Waals surface area (Å²) < 4.78 is 24.9. The van der Waals surface area contributed by atoms with Crippen molar-refractivity contribution >= 4 is 33.8 Å². The molecule has 0 bridgehead atoms. The first-order valence-electron chi connectivity index (χ1n) is 5.34. The lowest BCUT2D eigenvalue weighted by Gasteiger charge is -2.09. The Kier molecular flexibility index (Phi) is 5.38. The Morgan fingerprint density at radius 1 is 1.05 bits per heavy atom. The fraction of sp³-hybridized carbons (Fsp3) is 0.0769. The lowest BCUT2D eigenvalue weighted by Crippen LogP contribution is -2.08. The van der Waals surface area contributed by atoms with Gasteiger partial charge < -0.3 is 5.73 Å². The molecule has 0 spiro atoms. The lowest BCUT2D eigenvalue weighted by atomic mass is 10.2.